The number of aromatic hydroxyl groups is 2. The van der Waals surface area contributed by atoms with Crippen molar-refractivity contribution in [2.45, 2.75) is 52.5 Å². The van der Waals surface area contributed by atoms with Gasteiger partial charge in [0.15, 0.2) is 0 Å². The van der Waals surface area contributed by atoms with Crippen molar-refractivity contribution in [3.05, 3.63) is 47.0 Å². The SMILES string of the molecule is CCCCCc1cc(O)c(-c2cccc(C)c2)c(O)c1C(C)NC(=O)N(C)C. The van der Waals surface area contributed by atoms with Crippen LogP contribution in [0.2, 0.25) is 0 Å². The van der Waals surface area contributed by atoms with Gasteiger partial charge in [-0.2, -0.15) is 0 Å². The van der Waals surface area contributed by atoms with Crippen molar-refractivity contribution < 1.29 is 15.0 Å². The first-order valence-corrected chi connectivity index (χ1v) is 9.88. The molecule has 0 fully saturated rings. The maximum Gasteiger partial charge on any atom is 0.317 e. The van der Waals surface area contributed by atoms with Gasteiger partial charge in [-0.05, 0) is 43.9 Å². The van der Waals surface area contributed by atoms with Crippen molar-refractivity contribution >= 4 is 6.03 Å². The van der Waals surface area contributed by atoms with E-state index >= 15 is 0 Å². The lowest BCUT2D eigenvalue weighted by Crippen LogP contribution is -2.36. The van der Waals surface area contributed by atoms with Gasteiger partial charge in [-0.1, -0.05) is 49.6 Å². The van der Waals surface area contributed by atoms with Crippen LogP contribution in [0.25, 0.3) is 11.1 Å². The van der Waals surface area contributed by atoms with E-state index in [9.17, 15) is 15.0 Å². The number of unbranched alkanes of at least 4 members (excludes halogenated alkanes) is 2. The fourth-order valence-electron chi connectivity index (χ4n) is 3.45. The summed E-state index contributed by atoms with van der Waals surface area (Å²) in [5.41, 5.74) is 3.73. The molecule has 0 aliphatic carbocycles. The normalized spacial score (nSPS) is 11.9. The van der Waals surface area contributed by atoms with Gasteiger partial charge in [-0.25, -0.2) is 4.79 Å². The minimum atomic E-state index is -0.393. The average molecular weight is 385 g/mol. The number of rotatable bonds is 7. The van der Waals surface area contributed by atoms with E-state index in [-0.39, 0.29) is 17.5 Å². The zero-order valence-electron chi connectivity index (χ0n) is 17.5. The van der Waals surface area contributed by atoms with Gasteiger partial charge in [-0.15, -0.1) is 0 Å². The molecule has 0 saturated heterocycles. The molecule has 2 rings (SSSR count). The number of phenolic OH excluding ortho intramolecular Hbond substituents is 2. The topological polar surface area (TPSA) is 72.8 Å². The highest BCUT2D eigenvalue weighted by Gasteiger charge is 2.24. The van der Waals surface area contributed by atoms with Gasteiger partial charge >= 0.3 is 6.03 Å². The molecule has 0 radical (unpaired) electrons. The summed E-state index contributed by atoms with van der Waals surface area (Å²) in [6.45, 7) is 5.96. The monoisotopic (exact) mass is 384 g/mol. The highest BCUT2D eigenvalue weighted by atomic mass is 16.3. The Kier molecular flexibility index (Phi) is 7.32. The van der Waals surface area contributed by atoms with Gasteiger partial charge in [0.2, 0.25) is 0 Å². The minimum Gasteiger partial charge on any atom is -0.507 e. The number of hydrogen-bond donors (Lipinski definition) is 3. The first kappa shape index (κ1) is 21.6. The predicted octanol–water partition coefficient (Wildman–Crippen LogP) is 5.14. The Balaban J connectivity index is 2.56. The first-order chi connectivity index (χ1) is 13.3. The Labute approximate surface area is 168 Å². The highest BCUT2D eigenvalue weighted by Crippen LogP contribution is 2.44. The van der Waals surface area contributed by atoms with Crippen LogP contribution in [0.1, 0.15) is 55.8 Å². The maximum absolute atomic E-state index is 12.2. The van der Waals surface area contributed by atoms with E-state index in [1.54, 1.807) is 20.2 Å². The number of phenols is 2. The molecule has 152 valence electrons. The zero-order chi connectivity index (χ0) is 20.8. The van der Waals surface area contributed by atoms with Crippen molar-refractivity contribution in [2.24, 2.45) is 0 Å². The fourth-order valence-corrected chi connectivity index (χ4v) is 3.45. The van der Waals surface area contributed by atoms with Gasteiger partial charge in [0, 0.05) is 19.7 Å². The molecule has 0 aromatic heterocycles. The number of carbonyl (C=O) groups is 1. The Morgan fingerprint density at radius 1 is 1.18 bits per heavy atom. The van der Waals surface area contributed by atoms with Crippen LogP contribution in [0.3, 0.4) is 0 Å². The number of nitrogens with one attached hydrogen (secondary N) is 1. The van der Waals surface area contributed by atoms with Crippen LogP contribution < -0.4 is 5.32 Å². The van der Waals surface area contributed by atoms with Crippen LogP contribution in [-0.4, -0.2) is 35.2 Å². The van der Waals surface area contributed by atoms with Crippen LogP contribution in [0.5, 0.6) is 11.5 Å². The molecule has 2 aromatic rings. The van der Waals surface area contributed by atoms with E-state index in [4.69, 9.17) is 0 Å². The van der Waals surface area contributed by atoms with Crippen LogP contribution in [0, 0.1) is 6.92 Å². The molecule has 2 aromatic carbocycles. The van der Waals surface area contributed by atoms with Gasteiger partial charge < -0.3 is 20.4 Å². The van der Waals surface area contributed by atoms with E-state index in [2.05, 4.69) is 12.2 Å². The van der Waals surface area contributed by atoms with Crippen LogP contribution in [-0.2, 0) is 6.42 Å². The third-order valence-corrected chi connectivity index (χ3v) is 4.94. The van der Waals surface area contributed by atoms with Gasteiger partial charge in [-0.3, -0.25) is 0 Å². The molecular formula is C23H32N2O3. The first-order valence-electron chi connectivity index (χ1n) is 9.88. The number of benzene rings is 2. The van der Waals surface area contributed by atoms with Crippen molar-refractivity contribution in [3.8, 4) is 22.6 Å². The molecule has 0 heterocycles. The molecule has 1 unspecified atom stereocenters. The van der Waals surface area contributed by atoms with E-state index in [1.807, 2.05) is 38.1 Å². The standard InChI is InChI=1S/C23H32N2O3/c1-6-7-8-11-18-14-19(26)21(17-12-9-10-15(2)13-17)22(27)20(18)16(3)24-23(28)25(4)5/h9-10,12-14,16,26-27H,6-8,11H2,1-5H3,(H,24,28). The lowest BCUT2D eigenvalue weighted by Gasteiger charge is -2.24. The van der Waals surface area contributed by atoms with E-state index < -0.39 is 6.04 Å². The second kappa shape index (κ2) is 9.49. The summed E-state index contributed by atoms with van der Waals surface area (Å²) in [5, 5.41) is 24.8. The third-order valence-electron chi connectivity index (χ3n) is 4.94. The number of hydrogen-bond acceptors (Lipinski definition) is 3. The van der Waals surface area contributed by atoms with Crippen LogP contribution in [0.4, 0.5) is 4.79 Å². The Bertz CT molecular complexity index is 831. The highest BCUT2D eigenvalue weighted by molar-refractivity contribution is 5.80. The summed E-state index contributed by atoms with van der Waals surface area (Å²) in [7, 11) is 3.36. The van der Waals surface area contributed by atoms with Crippen molar-refractivity contribution in [1.29, 1.82) is 0 Å². The lowest BCUT2D eigenvalue weighted by molar-refractivity contribution is 0.214. The van der Waals surface area contributed by atoms with Gasteiger partial charge in [0.1, 0.15) is 11.5 Å². The van der Waals surface area contributed by atoms with Crippen molar-refractivity contribution in [3.63, 3.8) is 0 Å². The summed E-state index contributed by atoms with van der Waals surface area (Å²) >= 11 is 0. The summed E-state index contributed by atoms with van der Waals surface area (Å²) < 4.78 is 0. The number of carbonyl (C=O) groups excluding carboxylic acids is 1. The second-order valence-corrected chi connectivity index (χ2v) is 7.58. The van der Waals surface area contributed by atoms with E-state index in [0.717, 1.165) is 42.4 Å². The molecule has 1 atom stereocenters. The molecule has 28 heavy (non-hydrogen) atoms. The molecule has 0 bridgehead atoms. The van der Waals surface area contributed by atoms with Crippen molar-refractivity contribution in [2.75, 3.05) is 14.1 Å². The smallest absolute Gasteiger partial charge is 0.317 e. The summed E-state index contributed by atoms with van der Waals surface area (Å²) in [4.78, 5) is 13.6. The van der Waals surface area contributed by atoms with Crippen LogP contribution in [0.15, 0.2) is 30.3 Å². The molecule has 0 saturated carbocycles. The molecule has 0 aliphatic heterocycles. The maximum atomic E-state index is 12.2. The summed E-state index contributed by atoms with van der Waals surface area (Å²) in [5.74, 6) is 0.0909. The van der Waals surface area contributed by atoms with Gasteiger partial charge in [0.05, 0.1) is 11.6 Å². The number of nitrogens with zero attached hydrogens (tertiary/aromatic N) is 1. The summed E-state index contributed by atoms with van der Waals surface area (Å²) in [6, 6.07) is 8.78. The average Bonchev–Trinajstić information content (AvgIpc) is 2.61. The zero-order valence-corrected chi connectivity index (χ0v) is 17.5. The molecule has 3 N–H and O–H groups in total. The Morgan fingerprint density at radius 2 is 1.89 bits per heavy atom. The molecule has 0 aliphatic rings. The molecular weight excluding hydrogens is 352 g/mol. The van der Waals surface area contributed by atoms with E-state index in [1.165, 1.54) is 4.90 Å². The third kappa shape index (κ3) is 4.97. The number of urea groups is 1. The minimum absolute atomic E-state index is 0.0312. The molecule has 5 nitrogen and oxygen atoms in total. The number of aryl methyl sites for hydroxylation is 2. The van der Waals surface area contributed by atoms with Gasteiger partial charge in [0.25, 0.3) is 0 Å². The fraction of sp³-hybridized carbons (Fsp3) is 0.435. The predicted molar refractivity (Wildman–Crippen MR) is 114 cm³/mol. The Hall–Kier alpha value is -2.69. The van der Waals surface area contributed by atoms with E-state index in [0.29, 0.717) is 11.1 Å². The second-order valence-electron chi connectivity index (χ2n) is 7.58. The largest absolute Gasteiger partial charge is 0.507 e. The molecule has 5 heteroatoms. The quantitative estimate of drug-likeness (QED) is 0.579. The molecule has 0 spiro atoms. The Morgan fingerprint density at radius 3 is 2.50 bits per heavy atom. The summed E-state index contributed by atoms with van der Waals surface area (Å²) in [6.07, 6.45) is 3.85. The van der Waals surface area contributed by atoms with Crippen LogP contribution >= 0.6 is 0 Å². The lowest BCUT2D eigenvalue weighted by atomic mass is 9.90. The number of amides is 2. The van der Waals surface area contributed by atoms with Crippen molar-refractivity contribution in [1.82, 2.24) is 10.2 Å². The molecule has 2 amide bonds.